The minimum absolute atomic E-state index is 0.0264. The van der Waals surface area contributed by atoms with E-state index in [4.69, 9.17) is 26.5 Å². The normalized spacial score (nSPS) is 22.4. The molecule has 1 aromatic heterocycles. The van der Waals surface area contributed by atoms with Crippen molar-refractivity contribution in [2.75, 3.05) is 0 Å². The van der Waals surface area contributed by atoms with E-state index in [1.165, 1.54) is 0 Å². The topological polar surface area (TPSA) is 89.3 Å². The Morgan fingerprint density at radius 1 is 1.40 bits per heavy atom. The highest BCUT2D eigenvalue weighted by Gasteiger charge is 2.39. The average molecular weight is 291 g/mol. The Labute approximate surface area is 120 Å². The van der Waals surface area contributed by atoms with Crippen LogP contribution in [0.25, 0.3) is 0 Å². The molecule has 0 amide bonds. The van der Waals surface area contributed by atoms with Crippen LogP contribution in [0.2, 0.25) is 5.22 Å². The fourth-order valence-electron chi connectivity index (χ4n) is 2.62. The highest BCUT2D eigenvalue weighted by atomic mass is 35.5. The van der Waals surface area contributed by atoms with Gasteiger partial charge in [-0.15, -0.1) is 0 Å². The molecule has 2 heterocycles. The van der Waals surface area contributed by atoms with E-state index in [1.807, 2.05) is 6.07 Å². The molecule has 0 aromatic carbocycles. The Hall–Kier alpha value is -2.19. The quantitative estimate of drug-likeness (QED) is 0.859. The van der Waals surface area contributed by atoms with Gasteiger partial charge in [-0.25, -0.2) is 0 Å². The van der Waals surface area contributed by atoms with Crippen LogP contribution in [-0.2, 0) is 9.53 Å². The fourth-order valence-corrected chi connectivity index (χ4v) is 2.78. The number of nitriles is 1. The van der Waals surface area contributed by atoms with Crippen LogP contribution in [0.4, 0.5) is 0 Å². The Bertz CT molecular complexity index is 694. The van der Waals surface area contributed by atoms with Crippen molar-refractivity contribution in [2.45, 2.75) is 25.2 Å². The number of halogens is 1. The number of rotatable bonds is 1. The first-order valence-electron chi connectivity index (χ1n) is 6.21. The van der Waals surface area contributed by atoms with Gasteiger partial charge in [0, 0.05) is 18.4 Å². The largest absolute Gasteiger partial charge is 0.449 e. The maximum atomic E-state index is 12.2. The Kier molecular flexibility index (Phi) is 3.03. The van der Waals surface area contributed by atoms with Crippen molar-refractivity contribution >= 4 is 17.4 Å². The molecule has 5 nitrogen and oxygen atoms in total. The third kappa shape index (κ3) is 1.89. The first-order valence-corrected chi connectivity index (χ1v) is 6.58. The number of allylic oxidation sites excluding steroid dienone is 3. The molecule has 0 radical (unpaired) electrons. The summed E-state index contributed by atoms with van der Waals surface area (Å²) >= 11 is 5.79. The maximum absolute atomic E-state index is 12.2. The number of hydrogen-bond acceptors (Lipinski definition) is 5. The zero-order chi connectivity index (χ0) is 14.3. The van der Waals surface area contributed by atoms with E-state index in [9.17, 15) is 10.1 Å². The summed E-state index contributed by atoms with van der Waals surface area (Å²) in [6.45, 7) is 0. The van der Waals surface area contributed by atoms with Crippen molar-refractivity contribution in [3.05, 3.63) is 45.9 Å². The van der Waals surface area contributed by atoms with E-state index < -0.39 is 5.92 Å². The molecule has 2 aliphatic rings. The van der Waals surface area contributed by atoms with Gasteiger partial charge in [0.2, 0.25) is 5.88 Å². The summed E-state index contributed by atoms with van der Waals surface area (Å²) in [5.41, 5.74) is 6.44. The van der Waals surface area contributed by atoms with Gasteiger partial charge in [-0.3, -0.25) is 4.79 Å². The van der Waals surface area contributed by atoms with Gasteiger partial charge in [0.05, 0.1) is 5.92 Å². The van der Waals surface area contributed by atoms with E-state index in [-0.39, 0.29) is 22.5 Å². The summed E-state index contributed by atoms with van der Waals surface area (Å²) in [7, 11) is 0. The average Bonchev–Trinajstić information content (AvgIpc) is 2.84. The third-order valence-corrected chi connectivity index (χ3v) is 3.69. The molecule has 1 aliphatic heterocycles. The van der Waals surface area contributed by atoms with Gasteiger partial charge in [0.25, 0.3) is 0 Å². The highest BCUT2D eigenvalue weighted by molar-refractivity contribution is 6.28. The molecule has 102 valence electrons. The molecule has 1 aliphatic carbocycles. The second-order valence-electron chi connectivity index (χ2n) is 4.68. The number of ketones is 1. The van der Waals surface area contributed by atoms with Crippen molar-refractivity contribution in [3.63, 3.8) is 0 Å². The Morgan fingerprint density at radius 2 is 2.20 bits per heavy atom. The second-order valence-corrected chi connectivity index (χ2v) is 5.05. The summed E-state index contributed by atoms with van der Waals surface area (Å²) in [6, 6.07) is 5.23. The van der Waals surface area contributed by atoms with E-state index >= 15 is 0 Å². The molecule has 0 unspecified atom stereocenters. The molecule has 0 fully saturated rings. The molecule has 20 heavy (non-hydrogen) atoms. The van der Waals surface area contributed by atoms with Crippen LogP contribution >= 0.6 is 11.6 Å². The van der Waals surface area contributed by atoms with Crippen LogP contribution in [0, 0.1) is 11.3 Å². The molecule has 0 spiro atoms. The molecule has 6 heteroatoms. The lowest BCUT2D eigenvalue weighted by Crippen LogP contribution is -2.27. The molecule has 0 saturated heterocycles. The van der Waals surface area contributed by atoms with E-state index in [0.29, 0.717) is 29.9 Å². The van der Waals surface area contributed by atoms with E-state index in [0.717, 1.165) is 6.42 Å². The van der Waals surface area contributed by atoms with Crippen LogP contribution in [0.15, 0.2) is 39.3 Å². The second kappa shape index (κ2) is 4.73. The van der Waals surface area contributed by atoms with Gasteiger partial charge in [-0.05, 0) is 30.2 Å². The predicted molar refractivity (Wildman–Crippen MR) is 70.3 cm³/mol. The zero-order valence-electron chi connectivity index (χ0n) is 10.5. The van der Waals surface area contributed by atoms with Gasteiger partial charge in [0.1, 0.15) is 23.2 Å². The van der Waals surface area contributed by atoms with Crippen molar-refractivity contribution in [2.24, 2.45) is 5.73 Å². The number of carbonyl (C=O) groups excluding carboxylic acids is 1. The predicted octanol–water partition coefficient (Wildman–Crippen LogP) is 2.75. The van der Waals surface area contributed by atoms with Crippen molar-refractivity contribution in [1.29, 1.82) is 5.26 Å². The van der Waals surface area contributed by atoms with E-state index in [1.54, 1.807) is 12.1 Å². The molecular weight excluding hydrogens is 280 g/mol. The molecule has 0 bridgehead atoms. The van der Waals surface area contributed by atoms with Gasteiger partial charge in [0.15, 0.2) is 11.0 Å². The van der Waals surface area contributed by atoms with Gasteiger partial charge < -0.3 is 14.9 Å². The number of carbonyl (C=O) groups is 1. The molecular formula is C14H11ClN2O3. The number of nitrogens with two attached hydrogens (primary N) is 1. The lowest BCUT2D eigenvalue weighted by molar-refractivity contribution is -0.116. The highest BCUT2D eigenvalue weighted by Crippen LogP contribution is 2.43. The standard InChI is InChI=1S/C14H11ClN2O3/c15-11-5-4-10(19-11)12-7(6-16)14(17)20-9-3-1-2-8(18)13(9)12/h4-5,12H,1-3,17H2/t12-/m0/s1. The van der Waals surface area contributed by atoms with Crippen LogP contribution in [0.3, 0.4) is 0 Å². The van der Waals surface area contributed by atoms with Crippen molar-refractivity contribution in [3.8, 4) is 6.07 Å². The SMILES string of the molecule is N#CC1=C(N)OC2=C(C(=O)CCC2)[C@@H]1c1ccc(Cl)o1. The summed E-state index contributed by atoms with van der Waals surface area (Å²) in [6.07, 6.45) is 1.79. The molecule has 1 atom stereocenters. The zero-order valence-corrected chi connectivity index (χ0v) is 11.2. The van der Waals surface area contributed by atoms with Crippen LogP contribution in [0.5, 0.6) is 0 Å². The monoisotopic (exact) mass is 290 g/mol. The number of nitrogens with zero attached hydrogens (tertiary/aromatic N) is 1. The van der Waals surface area contributed by atoms with Gasteiger partial charge in [-0.1, -0.05) is 0 Å². The summed E-state index contributed by atoms with van der Waals surface area (Å²) in [5.74, 6) is 0.336. The number of Topliss-reactive ketones (excluding diaryl/α,β-unsaturated/α-hetero) is 1. The van der Waals surface area contributed by atoms with Gasteiger partial charge in [-0.2, -0.15) is 5.26 Å². The molecule has 0 saturated carbocycles. The van der Waals surface area contributed by atoms with Crippen LogP contribution < -0.4 is 5.73 Å². The minimum atomic E-state index is -0.621. The number of furan rings is 1. The fraction of sp³-hybridized carbons (Fsp3) is 0.286. The number of hydrogen-bond donors (Lipinski definition) is 1. The first-order chi connectivity index (χ1) is 9.61. The molecule has 1 aromatic rings. The van der Waals surface area contributed by atoms with Crippen LogP contribution in [0.1, 0.15) is 30.9 Å². The molecule has 2 N–H and O–H groups in total. The summed E-state index contributed by atoms with van der Waals surface area (Å²) in [4.78, 5) is 12.2. The smallest absolute Gasteiger partial charge is 0.205 e. The first kappa shape index (κ1) is 12.8. The van der Waals surface area contributed by atoms with E-state index in [2.05, 4.69) is 0 Å². The lowest BCUT2D eigenvalue weighted by atomic mass is 9.80. The maximum Gasteiger partial charge on any atom is 0.205 e. The number of ether oxygens (including phenoxy) is 1. The third-order valence-electron chi connectivity index (χ3n) is 3.48. The Morgan fingerprint density at radius 3 is 2.85 bits per heavy atom. The molecule has 3 rings (SSSR count). The van der Waals surface area contributed by atoms with Gasteiger partial charge >= 0.3 is 0 Å². The Balaban J connectivity index is 2.18. The summed E-state index contributed by atoms with van der Waals surface area (Å²) in [5, 5.41) is 9.50. The lowest BCUT2D eigenvalue weighted by Gasteiger charge is -2.29. The van der Waals surface area contributed by atoms with Crippen molar-refractivity contribution < 1.29 is 13.9 Å². The minimum Gasteiger partial charge on any atom is -0.449 e. The van der Waals surface area contributed by atoms with Crippen LogP contribution in [-0.4, -0.2) is 5.78 Å². The summed E-state index contributed by atoms with van der Waals surface area (Å²) < 4.78 is 10.8. The van der Waals surface area contributed by atoms with Crippen molar-refractivity contribution in [1.82, 2.24) is 0 Å².